The van der Waals surface area contributed by atoms with Crippen LogP contribution in [-0.4, -0.2) is 21.2 Å². The molecule has 0 fully saturated rings. The summed E-state index contributed by atoms with van der Waals surface area (Å²) >= 11 is 0. The fourth-order valence-electron chi connectivity index (χ4n) is 1.85. The van der Waals surface area contributed by atoms with Crippen LogP contribution in [0.15, 0.2) is 30.3 Å². The molecule has 0 amide bonds. The van der Waals surface area contributed by atoms with Crippen molar-refractivity contribution in [2.45, 2.75) is 6.42 Å². The maximum atomic E-state index is 10.7. The van der Waals surface area contributed by atoms with Gasteiger partial charge in [-0.3, -0.25) is 14.8 Å². The molecule has 2 N–H and O–H groups in total. The van der Waals surface area contributed by atoms with Crippen LogP contribution in [0.3, 0.4) is 0 Å². The molecule has 0 unspecified atom stereocenters. The van der Waals surface area contributed by atoms with Crippen LogP contribution in [0.5, 0.6) is 0 Å². The lowest BCUT2D eigenvalue weighted by Gasteiger charge is -2.01. The van der Waals surface area contributed by atoms with Crippen molar-refractivity contribution in [2.75, 3.05) is 6.54 Å². The molecule has 6 nitrogen and oxygen atoms in total. The Kier molecular flexibility index (Phi) is 3.38. The van der Waals surface area contributed by atoms with Crippen LogP contribution in [0.25, 0.3) is 11.3 Å². The Balaban J connectivity index is 2.41. The van der Waals surface area contributed by atoms with E-state index in [4.69, 9.17) is 5.73 Å². The molecule has 0 radical (unpaired) electrons. The van der Waals surface area contributed by atoms with Gasteiger partial charge in [-0.1, -0.05) is 12.1 Å². The van der Waals surface area contributed by atoms with Gasteiger partial charge in [0, 0.05) is 31.2 Å². The standard InChI is InChI=1S/C12H14N4O2/c1-15-12(8-10(14-15)5-6-13)9-3-2-4-11(7-9)16(17)18/h2-4,7-8H,5-6,13H2,1H3. The number of rotatable bonds is 4. The van der Waals surface area contributed by atoms with Crippen molar-refractivity contribution in [2.24, 2.45) is 12.8 Å². The van der Waals surface area contributed by atoms with E-state index in [0.717, 1.165) is 17.0 Å². The van der Waals surface area contributed by atoms with Crippen molar-refractivity contribution in [1.29, 1.82) is 0 Å². The molecular weight excluding hydrogens is 232 g/mol. The first-order chi connectivity index (χ1) is 8.61. The van der Waals surface area contributed by atoms with Crippen LogP contribution >= 0.6 is 0 Å². The fourth-order valence-corrected chi connectivity index (χ4v) is 1.85. The van der Waals surface area contributed by atoms with Crippen molar-refractivity contribution < 1.29 is 4.92 Å². The van der Waals surface area contributed by atoms with Crippen LogP contribution in [0.1, 0.15) is 5.69 Å². The summed E-state index contributed by atoms with van der Waals surface area (Å²) in [5, 5.41) is 15.1. The van der Waals surface area contributed by atoms with Gasteiger partial charge >= 0.3 is 0 Å². The third kappa shape index (κ3) is 2.38. The number of hydrogen-bond donors (Lipinski definition) is 1. The predicted octanol–water partition coefficient (Wildman–Crippen LogP) is 1.50. The van der Waals surface area contributed by atoms with Crippen LogP contribution in [-0.2, 0) is 13.5 Å². The van der Waals surface area contributed by atoms with E-state index in [-0.39, 0.29) is 5.69 Å². The van der Waals surface area contributed by atoms with E-state index in [0.29, 0.717) is 13.0 Å². The predicted molar refractivity (Wildman–Crippen MR) is 68.1 cm³/mol. The van der Waals surface area contributed by atoms with Crippen LogP contribution in [0.2, 0.25) is 0 Å². The molecule has 6 heteroatoms. The second kappa shape index (κ2) is 4.97. The minimum Gasteiger partial charge on any atom is -0.330 e. The molecule has 0 aliphatic heterocycles. The number of hydrogen-bond acceptors (Lipinski definition) is 4. The zero-order valence-corrected chi connectivity index (χ0v) is 10.0. The van der Waals surface area contributed by atoms with E-state index in [1.165, 1.54) is 6.07 Å². The van der Waals surface area contributed by atoms with Crippen molar-refractivity contribution >= 4 is 5.69 Å². The van der Waals surface area contributed by atoms with Crippen molar-refractivity contribution in [3.63, 3.8) is 0 Å². The molecule has 1 aromatic carbocycles. The normalized spacial score (nSPS) is 10.6. The Labute approximate surface area is 104 Å². The molecule has 1 heterocycles. The highest BCUT2D eigenvalue weighted by molar-refractivity contribution is 5.63. The van der Waals surface area contributed by atoms with Gasteiger partial charge in [0.1, 0.15) is 0 Å². The Morgan fingerprint density at radius 1 is 1.44 bits per heavy atom. The summed E-state index contributed by atoms with van der Waals surface area (Å²) in [6.45, 7) is 0.533. The lowest BCUT2D eigenvalue weighted by molar-refractivity contribution is -0.384. The summed E-state index contributed by atoms with van der Waals surface area (Å²) in [5.41, 5.74) is 8.08. The highest BCUT2D eigenvalue weighted by Crippen LogP contribution is 2.24. The van der Waals surface area contributed by atoms with Gasteiger partial charge in [0.25, 0.3) is 5.69 Å². The summed E-state index contributed by atoms with van der Waals surface area (Å²) in [6, 6.07) is 8.43. The van der Waals surface area contributed by atoms with Crippen molar-refractivity contribution in [1.82, 2.24) is 9.78 Å². The SMILES string of the molecule is Cn1nc(CCN)cc1-c1cccc([N+](=O)[O-])c1. The molecule has 0 bridgehead atoms. The number of nitrogens with two attached hydrogens (primary N) is 1. The number of nitro groups is 1. The highest BCUT2D eigenvalue weighted by Gasteiger charge is 2.11. The molecule has 2 aromatic rings. The van der Waals surface area contributed by atoms with E-state index < -0.39 is 4.92 Å². The second-order valence-electron chi connectivity index (χ2n) is 3.99. The second-order valence-corrected chi connectivity index (χ2v) is 3.99. The Morgan fingerprint density at radius 3 is 2.89 bits per heavy atom. The Hall–Kier alpha value is -2.21. The molecule has 2 rings (SSSR count). The number of non-ortho nitro benzene ring substituents is 1. The zero-order chi connectivity index (χ0) is 13.1. The lowest BCUT2D eigenvalue weighted by atomic mass is 10.1. The van der Waals surface area contributed by atoms with E-state index in [1.54, 1.807) is 16.8 Å². The van der Waals surface area contributed by atoms with E-state index in [2.05, 4.69) is 5.10 Å². The van der Waals surface area contributed by atoms with Crippen LogP contribution < -0.4 is 5.73 Å². The molecule has 94 valence electrons. The Morgan fingerprint density at radius 2 is 2.22 bits per heavy atom. The van der Waals surface area contributed by atoms with Gasteiger partial charge in [-0.25, -0.2) is 0 Å². The summed E-state index contributed by atoms with van der Waals surface area (Å²) in [7, 11) is 1.81. The maximum Gasteiger partial charge on any atom is 0.270 e. The van der Waals surface area contributed by atoms with E-state index in [9.17, 15) is 10.1 Å². The first-order valence-corrected chi connectivity index (χ1v) is 5.59. The molecule has 0 spiro atoms. The molecular formula is C12H14N4O2. The smallest absolute Gasteiger partial charge is 0.270 e. The van der Waals surface area contributed by atoms with Crippen molar-refractivity contribution in [3.8, 4) is 11.3 Å². The quantitative estimate of drug-likeness (QED) is 0.654. The van der Waals surface area contributed by atoms with Gasteiger partial charge in [0.15, 0.2) is 0 Å². The molecule has 1 aromatic heterocycles. The van der Waals surface area contributed by atoms with E-state index >= 15 is 0 Å². The summed E-state index contributed by atoms with van der Waals surface area (Å²) < 4.78 is 1.71. The minimum atomic E-state index is -0.402. The summed E-state index contributed by atoms with van der Waals surface area (Å²) in [4.78, 5) is 10.3. The first-order valence-electron chi connectivity index (χ1n) is 5.59. The molecule has 0 aliphatic rings. The number of aryl methyl sites for hydroxylation is 1. The monoisotopic (exact) mass is 246 g/mol. The van der Waals surface area contributed by atoms with Gasteiger partial charge in [0.05, 0.1) is 16.3 Å². The molecule has 0 saturated heterocycles. The van der Waals surface area contributed by atoms with Gasteiger partial charge < -0.3 is 5.73 Å². The third-order valence-electron chi connectivity index (χ3n) is 2.68. The Bertz CT molecular complexity index is 577. The summed E-state index contributed by atoms with van der Waals surface area (Å²) in [6.07, 6.45) is 0.697. The topological polar surface area (TPSA) is 87.0 Å². The first kappa shape index (κ1) is 12.3. The largest absolute Gasteiger partial charge is 0.330 e. The molecule has 0 aliphatic carbocycles. The maximum absolute atomic E-state index is 10.7. The number of benzene rings is 1. The van der Waals surface area contributed by atoms with Gasteiger partial charge in [0.2, 0.25) is 0 Å². The lowest BCUT2D eigenvalue weighted by Crippen LogP contribution is -2.03. The highest BCUT2D eigenvalue weighted by atomic mass is 16.6. The number of nitrogens with zero attached hydrogens (tertiary/aromatic N) is 3. The van der Waals surface area contributed by atoms with E-state index in [1.807, 2.05) is 19.2 Å². The molecule has 18 heavy (non-hydrogen) atoms. The molecule has 0 saturated carbocycles. The third-order valence-corrected chi connectivity index (χ3v) is 2.68. The number of aromatic nitrogens is 2. The van der Waals surface area contributed by atoms with Gasteiger partial charge in [-0.2, -0.15) is 5.10 Å². The molecule has 0 atom stereocenters. The van der Waals surface area contributed by atoms with Crippen LogP contribution in [0.4, 0.5) is 5.69 Å². The van der Waals surface area contributed by atoms with Crippen LogP contribution in [0, 0.1) is 10.1 Å². The average molecular weight is 246 g/mol. The number of nitro benzene ring substituents is 1. The van der Waals surface area contributed by atoms with Gasteiger partial charge in [-0.15, -0.1) is 0 Å². The summed E-state index contributed by atoms with van der Waals surface area (Å²) in [5.74, 6) is 0. The fraction of sp³-hybridized carbons (Fsp3) is 0.250. The zero-order valence-electron chi connectivity index (χ0n) is 10.0. The average Bonchev–Trinajstić information content (AvgIpc) is 2.71. The van der Waals surface area contributed by atoms with Crippen molar-refractivity contribution in [3.05, 3.63) is 46.1 Å². The minimum absolute atomic E-state index is 0.0778. The van der Waals surface area contributed by atoms with Gasteiger partial charge in [-0.05, 0) is 12.6 Å².